The SMILES string of the molecule is COCCOCCCOc1cccnc1F. The van der Waals surface area contributed by atoms with Gasteiger partial charge < -0.3 is 14.2 Å². The van der Waals surface area contributed by atoms with Gasteiger partial charge in [0.2, 0.25) is 0 Å². The van der Waals surface area contributed by atoms with E-state index in [1.807, 2.05) is 0 Å². The quantitative estimate of drug-likeness (QED) is 0.502. The van der Waals surface area contributed by atoms with E-state index in [0.29, 0.717) is 32.8 Å². The lowest BCUT2D eigenvalue weighted by molar-refractivity contribution is 0.0642. The highest BCUT2D eigenvalue weighted by atomic mass is 19.1. The van der Waals surface area contributed by atoms with Crippen molar-refractivity contribution >= 4 is 0 Å². The van der Waals surface area contributed by atoms with Gasteiger partial charge in [-0.05, 0) is 12.1 Å². The summed E-state index contributed by atoms with van der Waals surface area (Å²) in [7, 11) is 1.62. The van der Waals surface area contributed by atoms with Gasteiger partial charge in [-0.3, -0.25) is 0 Å². The molecule has 0 saturated carbocycles. The van der Waals surface area contributed by atoms with Crippen molar-refractivity contribution in [2.24, 2.45) is 0 Å². The van der Waals surface area contributed by atoms with Crippen molar-refractivity contribution in [3.8, 4) is 5.75 Å². The molecule has 0 fully saturated rings. The molecule has 1 heterocycles. The first-order valence-corrected chi connectivity index (χ1v) is 5.14. The summed E-state index contributed by atoms with van der Waals surface area (Å²) in [6.07, 6.45) is 2.09. The number of aromatic nitrogens is 1. The molecule has 0 unspecified atom stereocenters. The standard InChI is InChI=1S/C11H16FNO3/c1-14-8-9-15-6-3-7-16-10-4-2-5-13-11(10)12/h2,4-5H,3,6-9H2,1H3. The van der Waals surface area contributed by atoms with Gasteiger partial charge in [-0.1, -0.05) is 0 Å². The van der Waals surface area contributed by atoms with Crippen molar-refractivity contribution in [1.82, 2.24) is 4.98 Å². The molecule has 0 bridgehead atoms. The summed E-state index contributed by atoms with van der Waals surface area (Å²) in [5, 5.41) is 0. The van der Waals surface area contributed by atoms with E-state index in [0.717, 1.165) is 0 Å². The molecule has 0 atom stereocenters. The molecule has 0 N–H and O–H groups in total. The topological polar surface area (TPSA) is 40.6 Å². The summed E-state index contributed by atoms with van der Waals surface area (Å²) in [4.78, 5) is 3.48. The second-order valence-electron chi connectivity index (χ2n) is 3.10. The molecule has 0 radical (unpaired) electrons. The van der Waals surface area contributed by atoms with Crippen LogP contribution in [0.3, 0.4) is 0 Å². The van der Waals surface area contributed by atoms with Crippen molar-refractivity contribution in [2.75, 3.05) is 33.5 Å². The molecule has 0 aliphatic carbocycles. The van der Waals surface area contributed by atoms with Crippen LogP contribution < -0.4 is 4.74 Å². The molecule has 0 aliphatic heterocycles. The maximum absolute atomic E-state index is 13.0. The number of ether oxygens (including phenoxy) is 3. The first-order chi connectivity index (χ1) is 7.84. The number of nitrogens with zero attached hydrogens (tertiary/aromatic N) is 1. The monoisotopic (exact) mass is 229 g/mol. The summed E-state index contributed by atoms with van der Waals surface area (Å²) < 4.78 is 28.2. The zero-order chi connectivity index (χ0) is 11.6. The van der Waals surface area contributed by atoms with Crippen LogP contribution in [-0.2, 0) is 9.47 Å². The van der Waals surface area contributed by atoms with Gasteiger partial charge >= 0.3 is 0 Å². The smallest absolute Gasteiger partial charge is 0.255 e. The van der Waals surface area contributed by atoms with E-state index in [1.54, 1.807) is 19.2 Å². The lowest BCUT2D eigenvalue weighted by atomic mass is 10.4. The third-order valence-corrected chi connectivity index (χ3v) is 1.85. The third-order valence-electron chi connectivity index (χ3n) is 1.85. The molecule has 0 aromatic carbocycles. The maximum Gasteiger partial charge on any atom is 0.255 e. The average molecular weight is 229 g/mol. The van der Waals surface area contributed by atoms with Crippen molar-refractivity contribution in [3.05, 3.63) is 24.3 Å². The van der Waals surface area contributed by atoms with Crippen LogP contribution in [0.2, 0.25) is 0 Å². The highest BCUT2D eigenvalue weighted by Crippen LogP contribution is 2.12. The van der Waals surface area contributed by atoms with Gasteiger partial charge in [0, 0.05) is 26.3 Å². The molecule has 1 aromatic heterocycles. The van der Waals surface area contributed by atoms with E-state index in [9.17, 15) is 4.39 Å². The molecule has 90 valence electrons. The van der Waals surface area contributed by atoms with E-state index in [1.165, 1.54) is 6.20 Å². The highest BCUT2D eigenvalue weighted by molar-refractivity contribution is 5.17. The van der Waals surface area contributed by atoms with Crippen molar-refractivity contribution in [2.45, 2.75) is 6.42 Å². The van der Waals surface area contributed by atoms with Crippen LogP contribution in [-0.4, -0.2) is 38.5 Å². The van der Waals surface area contributed by atoms with E-state index in [-0.39, 0.29) is 5.75 Å². The van der Waals surface area contributed by atoms with Gasteiger partial charge in [0.25, 0.3) is 5.95 Å². The van der Waals surface area contributed by atoms with E-state index >= 15 is 0 Å². The van der Waals surface area contributed by atoms with Crippen molar-refractivity contribution < 1.29 is 18.6 Å². The lowest BCUT2D eigenvalue weighted by Crippen LogP contribution is -2.07. The third kappa shape index (κ3) is 5.04. The number of halogens is 1. The Bertz CT molecular complexity index is 296. The molecule has 1 rings (SSSR count). The number of hydrogen-bond donors (Lipinski definition) is 0. The number of rotatable bonds is 8. The zero-order valence-electron chi connectivity index (χ0n) is 9.32. The molecular formula is C11H16FNO3. The number of methoxy groups -OCH3 is 1. The molecule has 16 heavy (non-hydrogen) atoms. The van der Waals surface area contributed by atoms with Crippen molar-refractivity contribution in [3.63, 3.8) is 0 Å². The summed E-state index contributed by atoms with van der Waals surface area (Å²) in [6.45, 7) is 2.14. The zero-order valence-corrected chi connectivity index (χ0v) is 9.32. The minimum atomic E-state index is -0.581. The van der Waals surface area contributed by atoms with E-state index in [2.05, 4.69) is 4.98 Å². The highest BCUT2D eigenvalue weighted by Gasteiger charge is 2.01. The Balaban J connectivity index is 2.05. The first kappa shape index (κ1) is 12.9. The molecule has 0 saturated heterocycles. The Morgan fingerprint density at radius 3 is 2.88 bits per heavy atom. The summed E-state index contributed by atoms with van der Waals surface area (Å²) in [5.41, 5.74) is 0. The summed E-state index contributed by atoms with van der Waals surface area (Å²) in [6, 6.07) is 3.18. The Hall–Kier alpha value is -1.20. The lowest BCUT2D eigenvalue weighted by Gasteiger charge is -2.06. The van der Waals surface area contributed by atoms with Crippen LogP contribution in [0.15, 0.2) is 18.3 Å². The molecule has 0 aliphatic rings. The molecule has 1 aromatic rings. The fraction of sp³-hybridized carbons (Fsp3) is 0.545. The first-order valence-electron chi connectivity index (χ1n) is 5.14. The predicted octanol–water partition coefficient (Wildman–Crippen LogP) is 1.65. The van der Waals surface area contributed by atoms with Crippen LogP contribution in [0.1, 0.15) is 6.42 Å². The van der Waals surface area contributed by atoms with Gasteiger partial charge in [0.1, 0.15) is 0 Å². The van der Waals surface area contributed by atoms with Crippen molar-refractivity contribution in [1.29, 1.82) is 0 Å². The molecular weight excluding hydrogens is 213 g/mol. The number of hydrogen-bond acceptors (Lipinski definition) is 4. The Kier molecular flexibility index (Phi) is 6.44. The largest absolute Gasteiger partial charge is 0.489 e. The molecule has 0 spiro atoms. The fourth-order valence-electron chi connectivity index (χ4n) is 1.07. The fourth-order valence-corrected chi connectivity index (χ4v) is 1.07. The molecule has 4 nitrogen and oxygen atoms in total. The molecule has 0 amide bonds. The number of pyridine rings is 1. The van der Waals surface area contributed by atoms with Crippen LogP contribution in [0.4, 0.5) is 4.39 Å². The van der Waals surface area contributed by atoms with Gasteiger partial charge in [0.05, 0.1) is 19.8 Å². The van der Waals surface area contributed by atoms with Crippen LogP contribution in [0.25, 0.3) is 0 Å². The Morgan fingerprint density at radius 1 is 1.25 bits per heavy atom. The maximum atomic E-state index is 13.0. The van der Waals surface area contributed by atoms with Gasteiger partial charge in [-0.25, -0.2) is 4.98 Å². The Morgan fingerprint density at radius 2 is 2.12 bits per heavy atom. The Labute approximate surface area is 94.3 Å². The van der Waals surface area contributed by atoms with Gasteiger partial charge in [-0.15, -0.1) is 0 Å². The minimum absolute atomic E-state index is 0.180. The summed E-state index contributed by atoms with van der Waals surface area (Å²) in [5.74, 6) is -0.401. The van der Waals surface area contributed by atoms with Crippen LogP contribution in [0, 0.1) is 5.95 Å². The average Bonchev–Trinajstić information content (AvgIpc) is 2.30. The van der Waals surface area contributed by atoms with Crippen LogP contribution >= 0.6 is 0 Å². The van der Waals surface area contributed by atoms with Gasteiger partial charge in [0.15, 0.2) is 5.75 Å². The minimum Gasteiger partial charge on any atom is -0.489 e. The van der Waals surface area contributed by atoms with E-state index < -0.39 is 5.95 Å². The predicted molar refractivity (Wildman–Crippen MR) is 57.0 cm³/mol. The normalized spacial score (nSPS) is 10.4. The second-order valence-corrected chi connectivity index (χ2v) is 3.10. The van der Waals surface area contributed by atoms with Gasteiger partial charge in [-0.2, -0.15) is 4.39 Å². The second kappa shape index (κ2) is 8.01. The molecule has 5 heteroatoms. The van der Waals surface area contributed by atoms with Crippen LogP contribution in [0.5, 0.6) is 5.75 Å². The van der Waals surface area contributed by atoms with E-state index in [4.69, 9.17) is 14.2 Å². The summed E-state index contributed by atoms with van der Waals surface area (Å²) >= 11 is 0.